The van der Waals surface area contributed by atoms with Crippen molar-refractivity contribution in [1.82, 2.24) is 20.2 Å². The van der Waals surface area contributed by atoms with Crippen molar-refractivity contribution in [3.63, 3.8) is 0 Å². The summed E-state index contributed by atoms with van der Waals surface area (Å²) in [5.74, 6) is -0.535. The Balaban J connectivity index is 1.34. The first-order valence-electron chi connectivity index (χ1n) is 10.4. The van der Waals surface area contributed by atoms with Crippen molar-refractivity contribution in [3.8, 4) is 11.3 Å². The smallest absolute Gasteiger partial charge is 0.293 e. The number of amides is 3. The highest BCUT2D eigenvalue weighted by molar-refractivity contribution is 8.18. The minimum Gasteiger partial charge on any atom is -0.354 e. The molecule has 1 aliphatic rings. The van der Waals surface area contributed by atoms with Crippen molar-refractivity contribution in [2.75, 3.05) is 13.1 Å². The second-order valence-corrected chi connectivity index (χ2v) is 9.80. The van der Waals surface area contributed by atoms with E-state index in [-0.39, 0.29) is 36.6 Å². The zero-order valence-corrected chi connectivity index (χ0v) is 19.8. The van der Waals surface area contributed by atoms with Crippen molar-refractivity contribution in [3.05, 3.63) is 74.7 Å². The summed E-state index contributed by atoms with van der Waals surface area (Å²) in [6, 6.07) is 11.6. The lowest BCUT2D eigenvalue weighted by molar-refractivity contribution is -0.124. The zero-order chi connectivity index (χ0) is 23.4. The molecule has 1 saturated heterocycles. The molecule has 3 amide bonds. The van der Waals surface area contributed by atoms with Crippen molar-refractivity contribution in [1.29, 1.82) is 0 Å². The lowest BCUT2D eigenvalue weighted by Crippen LogP contribution is -2.37. The minimum atomic E-state index is -0.358. The maximum Gasteiger partial charge on any atom is 0.293 e. The van der Waals surface area contributed by atoms with Gasteiger partial charge in [-0.15, -0.1) is 11.3 Å². The first-order chi connectivity index (χ1) is 15.9. The molecule has 33 heavy (non-hydrogen) atoms. The summed E-state index contributed by atoms with van der Waals surface area (Å²) in [6.45, 7) is 4.25. The first-order valence-corrected chi connectivity index (χ1v) is 12.0. The van der Waals surface area contributed by atoms with E-state index >= 15 is 0 Å². The van der Waals surface area contributed by atoms with Crippen LogP contribution in [-0.4, -0.2) is 45.0 Å². The maximum absolute atomic E-state index is 12.6. The van der Waals surface area contributed by atoms with Gasteiger partial charge >= 0.3 is 0 Å². The third kappa shape index (κ3) is 5.55. The van der Waals surface area contributed by atoms with Crippen LogP contribution in [0.4, 0.5) is 4.79 Å². The predicted octanol–water partition coefficient (Wildman–Crippen LogP) is 4.22. The molecule has 9 heteroatoms. The molecule has 1 N–H and O–H groups in total. The number of hydrogen-bond acceptors (Lipinski definition) is 7. The Morgan fingerprint density at radius 1 is 1.15 bits per heavy atom. The van der Waals surface area contributed by atoms with Gasteiger partial charge in [0, 0.05) is 35.9 Å². The first kappa shape index (κ1) is 22.9. The number of carbonyl (C=O) groups excluding carboxylic acids is 3. The molecule has 0 saturated carbocycles. The van der Waals surface area contributed by atoms with Gasteiger partial charge in [0.25, 0.3) is 11.1 Å². The van der Waals surface area contributed by atoms with E-state index in [2.05, 4.69) is 15.3 Å². The molecule has 3 aromatic rings. The Kier molecular flexibility index (Phi) is 7.00. The highest BCUT2D eigenvalue weighted by atomic mass is 32.2. The van der Waals surface area contributed by atoms with E-state index in [1.165, 1.54) is 11.3 Å². The number of aryl methyl sites for hydroxylation is 2. The fourth-order valence-electron chi connectivity index (χ4n) is 3.35. The molecule has 0 bridgehead atoms. The Hall–Kier alpha value is -3.30. The summed E-state index contributed by atoms with van der Waals surface area (Å²) < 4.78 is 0. The van der Waals surface area contributed by atoms with Crippen LogP contribution in [-0.2, 0) is 16.0 Å². The molecule has 1 aliphatic heterocycles. The van der Waals surface area contributed by atoms with Crippen LogP contribution in [0.3, 0.4) is 0 Å². The molecule has 3 heterocycles. The molecule has 0 aliphatic carbocycles. The Labute approximate surface area is 199 Å². The number of benzene rings is 1. The third-order valence-corrected chi connectivity index (χ3v) is 6.84. The number of rotatable bonds is 7. The molecular weight excluding hydrogens is 456 g/mol. The summed E-state index contributed by atoms with van der Waals surface area (Å²) in [7, 11) is 0. The number of nitrogens with one attached hydrogen (secondary N) is 1. The average molecular weight is 479 g/mol. The third-order valence-electron chi connectivity index (χ3n) is 4.96. The van der Waals surface area contributed by atoms with Crippen LogP contribution in [0.25, 0.3) is 17.3 Å². The van der Waals surface area contributed by atoms with Crippen LogP contribution in [0.15, 0.2) is 53.7 Å². The van der Waals surface area contributed by atoms with Crippen LogP contribution in [0.2, 0.25) is 0 Å². The highest BCUT2D eigenvalue weighted by Crippen LogP contribution is 2.32. The van der Waals surface area contributed by atoms with Gasteiger partial charge in [-0.2, -0.15) is 0 Å². The van der Waals surface area contributed by atoms with E-state index in [0.717, 1.165) is 48.9 Å². The normalized spacial score (nSPS) is 14.8. The number of thioether (sulfide) groups is 1. The fourth-order valence-corrected chi connectivity index (χ4v) is 5.17. The van der Waals surface area contributed by atoms with E-state index in [1.807, 2.05) is 44.2 Å². The Bertz CT molecular complexity index is 1220. The van der Waals surface area contributed by atoms with Gasteiger partial charge in [0.2, 0.25) is 5.91 Å². The molecule has 168 valence electrons. The zero-order valence-electron chi connectivity index (χ0n) is 18.2. The fraction of sp³-hybridized carbons (Fsp3) is 0.208. The second-order valence-electron chi connectivity index (χ2n) is 7.52. The molecule has 1 aromatic carbocycles. The number of imide groups is 1. The summed E-state index contributed by atoms with van der Waals surface area (Å²) >= 11 is 2.39. The topological polar surface area (TPSA) is 92.3 Å². The van der Waals surface area contributed by atoms with E-state index in [1.54, 1.807) is 24.5 Å². The van der Waals surface area contributed by atoms with Crippen molar-refractivity contribution in [2.24, 2.45) is 0 Å². The van der Waals surface area contributed by atoms with Gasteiger partial charge in [0.05, 0.1) is 22.0 Å². The lowest BCUT2D eigenvalue weighted by Gasteiger charge is -2.13. The molecule has 4 rings (SSSR count). The number of carbonyl (C=O) groups is 3. The maximum atomic E-state index is 12.6. The quantitative estimate of drug-likeness (QED) is 0.511. The largest absolute Gasteiger partial charge is 0.354 e. The van der Waals surface area contributed by atoms with Crippen LogP contribution >= 0.6 is 23.1 Å². The van der Waals surface area contributed by atoms with Crippen LogP contribution in [0, 0.1) is 13.8 Å². The standard InChI is InChI=1S/C24H22N4O3S2/c1-15-5-7-18(8-6-15)22-19(32-16(2)27-22)13-21(29)26-10-11-28-23(30)20(33-24(28)31)12-17-4-3-9-25-14-17/h3-9,12,14H,10-11,13H2,1-2H3,(H,26,29)/b20-12-. The van der Waals surface area contributed by atoms with E-state index in [4.69, 9.17) is 0 Å². The molecule has 2 aromatic heterocycles. The van der Waals surface area contributed by atoms with Gasteiger partial charge in [-0.25, -0.2) is 4.98 Å². The van der Waals surface area contributed by atoms with E-state index in [9.17, 15) is 14.4 Å². The van der Waals surface area contributed by atoms with Crippen LogP contribution in [0.1, 0.15) is 21.0 Å². The number of aromatic nitrogens is 2. The average Bonchev–Trinajstić information content (AvgIpc) is 3.28. The summed E-state index contributed by atoms with van der Waals surface area (Å²) in [5, 5.41) is 3.37. The molecule has 7 nitrogen and oxygen atoms in total. The summed E-state index contributed by atoms with van der Waals surface area (Å²) in [4.78, 5) is 48.4. The summed E-state index contributed by atoms with van der Waals surface area (Å²) in [5.41, 5.74) is 3.71. The van der Waals surface area contributed by atoms with E-state index < -0.39 is 0 Å². The predicted molar refractivity (Wildman–Crippen MR) is 131 cm³/mol. The monoisotopic (exact) mass is 478 g/mol. The number of thiazole rings is 1. The van der Waals surface area contributed by atoms with Crippen molar-refractivity contribution >= 4 is 46.2 Å². The van der Waals surface area contributed by atoms with Gasteiger partial charge < -0.3 is 5.32 Å². The number of hydrogen-bond donors (Lipinski definition) is 1. The van der Waals surface area contributed by atoms with Crippen molar-refractivity contribution in [2.45, 2.75) is 20.3 Å². The van der Waals surface area contributed by atoms with Gasteiger partial charge in [-0.3, -0.25) is 24.3 Å². The minimum absolute atomic E-state index is 0.118. The Morgan fingerprint density at radius 3 is 2.67 bits per heavy atom. The lowest BCUT2D eigenvalue weighted by atomic mass is 10.1. The second kappa shape index (κ2) is 10.1. The summed E-state index contributed by atoms with van der Waals surface area (Å²) in [6.07, 6.45) is 5.11. The van der Waals surface area contributed by atoms with Gasteiger partial charge in [-0.05, 0) is 43.3 Å². The molecule has 1 fully saturated rings. The van der Waals surface area contributed by atoms with Gasteiger partial charge in [0.1, 0.15) is 0 Å². The van der Waals surface area contributed by atoms with Crippen LogP contribution < -0.4 is 5.32 Å². The molecule has 0 unspecified atom stereocenters. The highest BCUT2D eigenvalue weighted by Gasteiger charge is 2.34. The number of nitrogens with zero attached hydrogens (tertiary/aromatic N) is 3. The van der Waals surface area contributed by atoms with Crippen LogP contribution in [0.5, 0.6) is 0 Å². The molecule has 0 spiro atoms. The molecule has 0 atom stereocenters. The van der Waals surface area contributed by atoms with Gasteiger partial charge in [0.15, 0.2) is 0 Å². The SMILES string of the molecule is Cc1ccc(-c2nc(C)sc2CC(=O)NCCN2C(=O)S/C(=C\c3cccnc3)C2=O)cc1. The van der Waals surface area contributed by atoms with E-state index in [0.29, 0.717) is 4.91 Å². The van der Waals surface area contributed by atoms with Crippen molar-refractivity contribution < 1.29 is 14.4 Å². The number of pyridine rings is 1. The molecule has 0 radical (unpaired) electrons. The van der Waals surface area contributed by atoms with Gasteiger partial charge in [-0.1, -0.05) is 35.9 Å². The Morgan fingerprint density at radius 2 is 1.94 bits per heavy atom. The molecular formula is C24H22N4O3S2.